The SMILES string of the molecule is CC12OCC(N)C1OCC2N. The Hall–Kier alpha value is -0.160. The largest absolute Gasteiger partial charge is 0.372 e. The van der Waals surface area contributed by atoms with Gasteiger partial charge in [0.05, 0.1) is 25.3 Å². The van der Waals surface area contributed by atoms with Crippen LogP contribution >= 0.6 is 0 Å². The second kappa shape index (κ2) is 2.17. The fourth-order valence-corrected chi connectivity index (χ4v) is 1.85. The zero-order chi connectivity index (χ0) is 8.06. The molecule has 4 N–H and O–H groups in total. The van der Waals surface area contributed by atoms with Crippen LogP contribution in [0.5, 0.6) is 0 Å². The van der Waals surface area contributed by atoms with Crippen LogP contribution in [0.25, 0.3) is 0 Å². The van der Waals surface area contributed by atoms with Gasteiger partial charge in [0.2, 0.25) is 0 Å². The van der Waals surface area contributed by atoms with E-state index in [4.69, 9.17) is 20.9 Å². The van der Waals surface area contributed by atoms with Crippen molar-refractivity contribution < 1.29 is 9.47 Å². The molecule has 11 heavy (non-hydrogen) atoms. The van der Waals surface area contributed by atoms with Gasteiger partial charge in [-0.3, -0.25) is 0 Å². The van der Waals surface area contributed by atoms with Crippen molar-refractivity contribution in [1.82, 2.24) is 0 Å². The summed E-state index contributed by atoms with van der Waals surface area (Å²) in [5, 5.41) is 0. The van der Waals surface area contributed by atoms with E-state index in [9.17, 15) is 0 Å². The Morgan fingerprint density at radius 3 is 2.73 bits per heavy atom. The van der Waals surface area contributed by atoms with Gasteiger partial charge >= 0.3 is 0 Å². The van der Waals surface area contributed by atoms with Gasteiger partial charge in [-0.05, 0) is 6.92 Å². The third kappa shape index (κ3) is 0.840. The fraction of sp³-hybridized carbons (Fsp3) is 1.00. The van der Waals surface area contributed by atoms with Gasteiger partial charge in [0.15, 0.2) is 0 Å². The summed E-state index contributed by atoms with van der Waals surface area (Å²) in [4.78, 5) is 0. The summed E-state index contributed by atoms with van der Waals surface area (Å²) in [6, 6.07) is -0.0328. The average Bonchev–Trinajstić information content (AvgIpc) is 2.39. The molecule has 4 nitrogen and oxygen atoms in total. The summed E-state index contributed by atoms with van der Waals surface area (Å²) in [7, 11) is 0. The van der Waals surface area contributed by atoms with E-state index in [1.165, 1.54) is 0 Å². The summed E-state index contributed by atoms with van der Waals surface area (Å²) in [5.41, 5.74) is 11.2. The van der Waals surface area contributed by atoms with Crippen LogP contribution in [-0.2, 0) is 9.47 Å². The first-order valence-corrected chi connectivity index (χ1v) is 3.91. The maximum absolute atomic E-state index is 5.81. The van der Waals surface area contributed by atoms with Gasteiger partial charge in [-0.25, -0.2) is 0 Å². The Labute approximate surface area is 65.8 Å². The van der Waals surface area contributed by atoms with Crippen LogP contribution in [0.1, 0.15) is 6.92 Å². The van der Waals surface area contributed by atoms with Crippen LogP contribution in [0, 0.1) is 0 Å². The molecule has 2 aliphatic heterocycles. The summed E-state index contributed by atoms with van der Waals surface area (Å²) >= 11 is 0. The zero-order valence-corrected chi connectivity index (χ0v) is 6.62. The molecule has 0 aromatic rings. The molecule has 0 aromatic heterocycles. The molecule has 2 fully saturated rings. The summed E-state index contributed by atoms with van der Waals surface area (Å²) in [5.74, 6) is 0. The highest BCUT2D eigenvalue weighted by molar-refractivity contribution is 5.07. The number of rotatable bonds is 0. The van der Waals surface area contributed by atoms with Crippen LogP contribution in [0.15, 0.2) is 0 Å². The highest BCUT2D eigenvalue weighted by Crippen LogP contribution is 2.35. The molecule has 2 saturated heterocycles. The van der Waals surface area contributed by atoms with Gasteiger partial charge < -0.3 is 20.9 Å². The number of ether oxygens (including phenoxy) is 2. The number of nitrogens with two attached hydrogens (primary N) is 2. The number of fused-ring (bicyclic) bond motifs is 1. The molecule has 0 aliphatic carbocycles. The molecule has 0 radical (unpaired) electrons. The molecule has 2 heterocycles. The van der Waals surface area contributed by atoms with Crippen LogP contribution in [-0.4, -0.2) is 37.0 Å². The van der Waals surface area contributed by atoms with E-state index >= 15 is 0 Å². The molecule has 0 spiro atoms. The predicted octanol–water partition coefficient (Wildman–Crippen LogP) is -1.17. The molecule has 0 saturated carbocycles. The van der Waals surface area contributed by atoms with E-state index in [0.29, 0.717) is 13.2 Å². The maximum Gasteiger partial charge on any atom is 0.110 e. The molecule has 0 aromatic carbocycles. The number of hydrogen-bond acceptors (Lipinski definition) is 4. The Balaban J connectivity index is 2.23. The Kier molecular flexibility index (Phi) is 1.47. The Morgan fingerprint density at radius 1 is 1.36 bits per heavy atom. The van der Waals surface area contributed by atoms with Crippen LogP contribution in [0.3, 0.4) is 0 Å². The quantitative estimate of drug-likeness (QED) is 0.466. The molecule has 0 amide bonds. The van der Waals surface area contributed by atoms with Crippen molar-refractivity contribution in [3.63, 3.8) is 0 Å². The lowest BCUT2D eigenvalue weighted by molar-refractivity contribution is -0.0127. The highest BCUT2D eigenvalue weighted by atomic mass is 16.6. The predicted molar refractivity (Wildman–Crippen MR) is 40.0 cm³/mol. The van der Waals surface area contributed by atoms with Gasteiger partial charge in [0, 0.05) is 0 Å². The minimum absolute atomic E-state index is 0.00231. The van der Waals surface area contributed by atoms with Gasteiger partial charge in [-0.1, -0.05) is 0 Å². The molecule has 0 bridgehead atoms. The van der Waals surface area contributed by atoms with E-state index < -0.39 is 0 Å². The van der Waals surface area contributed by atoms with Crippen molar-refractivity contribution in [2.24, 2.45) is 11.5 Å². The van der Waals surface area contributed by atoms with Crippen molar-refractivity contribution in [3.8, 4) is 0 Å². The van der Waals surface area contributed by atoms with Gasteiger partial charge in [0.25, 0.3) is 0 Å². The molecule has 4 unspecified atom stereocenters. The third-order valence-electron chi connectivity index (χ3n) is 2.73. The second-order valence-electron chi connectivity index (χ2n) is 3.52. The topological polar surface area (TPSA) is 70.5 Å². The standard InChI is InChI=1S/C7H14N2O2/c1-7-5(9)3-10-6(7)4(8)2-11-7/h4-6H,2-3,8-9H2,1H3. The maximum atomic E-state index is 5.81. The molecule has 2 aliphatic rings. The van der Waals surface area contributed by atoms with Crippen LogP contribution in [0.4, 0.5) is 0 Å². The van der Waals surface area contributed by atoms with E-state index in [2.05, 4.69) is 0 Å². The fourth-order valence-electron chi connectivity index (χ4n) is 1.85. The van der Waals surface area contributed by atoms with E-state index in [1.54, 1.807) is 0 Å². The van der Waals surface area contributed by atoms with E-state index in [1.807, 2.05) is 6.92 Å². The number of hydrogen-bond donors (Lipinski definition) is 2. The van der Waals surface area contributed by atoms with E-state index in [-0.39, 0.29) is 23.8 Å². The molecule has 4 atom stereocenters. The van der Waals surface area contributed by atoms with E-state index in [0.717, 1.165) is 0 Å². The van der Waals surface area contributed by atoms with Crippen molar-refractivity contribution in [2.75, 3.05) is 13.2 Å². The smallest absolute Gasteiger partial charge is 0.110 e. The lowest BCUT2D eigenvalue weighted by Crippen LogP contribution is -2.49. The van der Waals surface area contributed by atoms with Gasteiger partial charge in [-0.15, -0.1) is 0 Å². The van der Waals surface area contributed by atoms with Crippen LogP contribution < -0.4 is 11.5 Å². The summed E-state index contributed by atoms with van der Waals surface area (Å²) in [6.07, 6.45) is -0.00231. The summed E-state index contributed by atoms with van der Waals surface area (Å²) in [6.45, 7) is 3.10. The zero-order valence-electron chi connectivity index (χ0n) is 6.62. The average molecular weight is 158 g/mol. The first-order chi connectivity index (χ1) is 5.14. The van der Waals surface area contributed by atoms with Gasteiger partial charge in [0.1, 0.15) is 11.7 Å². The normalized spacial score (nSPS) is 56.5. The summed E-state index contributed by atoms with van der Waals surface area (Å²) < 4.78 is 10.9. The lowest BCUT2D eigenvalue weighted by Gasteiger charge is -2.25. The second-order valence-corrected chi connectivity index (χ2v) is 3.52. The Bertz CT molecular complexity index is 176. The van der Waals surface area contributed by atoms with Gasteiger partial charge in [-0.2, -0.15) is 0 Å². The third-order valence-corrected chi connectivity index (χ3v) is 2.73. The molecule has 4 heteroatoms. The van der Waals surface area contributed by atoms with Crippen molar-refractivity contribution in [3.05, 3.63) is 0 Å². The van der Waals surface area contributed by atoms with Crippen LogP contribution in [0.2, 0.25) is 0 Å². The molecule has 64 valence electrons. The molecular weight excluding hydrogens is 144 g/mol. The Morgan fingerprint density at radius 2 is 2.09 bits per heavy atom. The lowest BCUT2D eigenvalue weighted by atomic mass is 9.93. The molecular formula is C7H14N2O2. The first-order valence-electron chi connectivity index (χ1n) is 3.91. The minimum Gasteiger partial charge on any atom is -0.372 e. The van der Waals surface area contributed by atoms with Crippen molar-refractivity contribution >= 4 is 0 Å². The molecule has 2 rings (SSSR count). The minimum atomic E-state index is -0.334. The van der Waals surface area contributed by atoms with Crippen molar-refractivity contribution in [1.29, 1.82) is 0 Å². The monoisotopic (exact) mass is 158 g/mol. The van der Waals surface area contributed by atoms with Crippen molar-refractivity contribution in [2.45, 2.75) is 30.7 Å². The highest BCUT2D eigenvalue weighted by Gasteiger charge is 2.54. The first kappa shape index (κ1) is 7.49.